The second-order valence-corrected chi connectivity index (χ2v) is 5.38. The van der Waals surface area contributed by atoms with Crippen LogP contribution in [0.2, 0.25) is 0 Å². The van der Waals surface area contributed by atoms with Crippen LogP contribution in [0.25, 0.3) is 22.6 Å². The minimum Gasteiger partial charge on any atom is -0.497 e. The third-order valence-corrected chi connectivity index (χ3v) is 3.64. The van der Waals surface area contributed by atoms with Crippen LogP contribution in [-0.2, 0) is 16.1 Å². The fourth-order valence-electron chi connectivity index (χ4n) is 2.36. The third kappa shape index (κ3) is 3.83. The number of aromatic nitrogens is 2. The van der Waals surface area contributed by atoms with Gasteiger partial charge in [0.15, 0.2) is 12.4 Å². The molecule has 0 unspecified atom stereocenters. The summed E-state index contributed by atoms with van der Waals surface area (Å²) in [6, 6.07) is 11.0. The molecular weight excluding hydrogens is 336 g/mol. The standard InChI is InChI=1S/C19H18N2O5/c1-12(22)25-11-17-21-18(14-6-9-16(24-3)20-10-14)19(26-17)13-4-7-15(23-2)8-5-13/h4-10H,11H2,1-3H3. The highest BCUT2D eigenvalue weighted by molar-refractivity contribution is 5.77. The van der Waals surface area contributed by atoms with E-state index < -0.39 is 5.97 Å². The van der Waals surface area contributed by atoms with Gasteiger partial charge in [0.2, 0.25) is 11.8 Å². The van der Waals surface area contributed by atoms with Gasteiger partial charge in [0.25, 0.3) is 0 Å². The largest absolute Gasteiger partial charge is 0.497 e. The number of benzene rings is 1. The first-order chi connectivity index (χ1) is 12.6. The summed E-state index contributed by atoms with van der Waals surface area (Å²) in [6.07, 6.45) is 1.65. The molecule has 0 aliphatic rings. The van der Waals surface area contributed by atoms with E-state index in [1.165, 1.54) is 6.92 Å². The van der Waals surface area contributed by atoms with E-state index in [0.717, 1.165) is 16.9 Å². The average molecular weight is 354 g/mol. The van der Waals surface area contributed by atoms with Crippen LogP contribution in [0, 0.1) is 0 Å². The van der Waals surface area contributed by atoms with Crippen molar-refractivity contribution in [3.63, 3.8) is 0 Å². The molecule has 7 heteroatoms. The van der Waals surface area contributed by atoms with Gasteiger partial charge >= 0.3 is 5.97 Å². The van der Waals surface area contributed by atoms with Gasteiger partial charge in [-0.1, -0.05) is 0 Å². The zero-order chi connectivity index (χ0) is 18.5. The lowest BCUT2D eigenvalue weighted by Crippen LogP contribution is -1.98. The summed E-state index contributed by atoms with van der Waals surface area (Å²) >= 11 is 0. The maximum absolute atomic E-state index is 11.1. The van der Waals surface area contributed by atoms with Crippen molar-refractivity contribution in [1.29, 1.82) is 0 Å². The predicted molar refractivity (Wildman–Crippen MR) is 93.7 cm³/mol. The Balaban J connectivity index is 2.02. The number of pyridine rings is 1. The summed E-state index contributed by atoms with van der Waals surface area (Å²) in [5.74, 6) is 1.70. The molecule has 0 amide bonds. The molecule has 0 bridgehead atoms. The summed E-state index contributed by atoms with van der Waals surface area (Å²) in [6.45, 7) is 1.30. The lowest BCUT2D eigenvalue weighted by molar-refractivity contribution is -0.142. The molecule has 2 aromatic heterocycles. The van der Waals surface area contributed by atoms with Gasteiger partial charge < -0.3 is 18.6 Å². The van der Waals surface area contributed by atoms with Crippen LogP contribution >= 0.6 is 0 Å². The summed E-state index contributed by atoms with van der Waals surface area (Å²) in [5, 5.41) is 0. The molecule has 134 valence electrons. The average Bonchev–Trinajstić information content (AvgIpc) is 3.11. The molecule has 2 heterocycles. The number of methoxy groups -OCH3 is 2. The highest BCUT2D eigenvalue weighted by Crippen LogP contribution is 2.34. The van der Waals surface area contributed by atoms with E-state index in [1.54, 1.807) is 26.5 Å². The van der Waals surface area contributed by atoms with Crippen LogP contribution in [0.3, 0.4) is 0 Å². The Morgan fingerprint density at radius 1 is 1.04 bits per heavy atom. The van der Waals surface area contributed by atoms with Crippen molar-refractivity contribution in [2.24, 2.45) is 0 Å². The van der Waals surface area contributed by atoms with Crippen LogP contribution < -0.4 is 9.47 Å². The van der Waals surface area contributed by atoms with Crippen molar-refractivity contribution in [3.8, 4) is 34.2 Å². The minimum absolute atomic E-state index is 0.0396. The number of oxazole rings is 1. The molecular formula is C19H18N2O5. The second-order valence-electron chi connectivity index (χ2n) is 5.38. The number of carbonyl (C=O) groups is 1. The minimum atomic E-state index is -0.401. The highest BCUT2D eigenvalue weighted by Gasteiger charge is 2.18. The van der Waals surface area contributed by atoms with Crippen LogP contribution in [0.1, 0.15) is 12.8 Å². The number of nitrogens with zero attached hydrogens (tertiary/aromatic N) is 2. The van der Waals surface area contributed by atoms with E-state index in [9.17, 15) is 4.79 Å². The molecule has 3 aromatic rings. The Morgan fingerprint density at radius 3 is 2.35 bits per heavy atom. The quantitative estimate of drug-likeness (QED) is 0.627. The summed E-state index contributed by atoms with van der Waals surface area (Å²) < 4.78 is 21.1. The van der Waals surface area contributed by atoms with Gasteiger partial charge in [-0.15, -0.1) is 0 Å². The van der Waals surface area contributed by atoms with Gasteiger partial charge in [-0.25, -0.2) is 9.97 Å². The molecule has 0 fully saturated rings. The van der Waals surface area contributed by atoms with Crippen molar-refractivity contribution in [1.82, 2.24) is 9.97 Å². The lowest BCUT2D eigenvalue weighted by Gasteiger charge is -2.04. The Morgan fingerprint density at radius 2 is 1.77 bits per heavy atom. The lowest BCUT2D eigenvalue weighted by atomic mass is 10.1. The SMILES string of the molecule is COc1ccc(-c2oc(COC(C)=O)nc2-c2ccc(OC)nc2)cc1. The van der Waals surface area contributed by atoms with E-state index in [4.69, 9.17) is 18.6 Å². The topological polar surface area (TPSA) is 83.7 Å². The van der Waals surface area contributed by atoms with Crippen LogP contribution in [0.15, 0.2) is 47.0 Å². The smallest absolute Gasteiger partial charge is 0.303 e. The van der Waals surface area contributed by atoms with Gasteiger partial charge in [0, 0.05) is 30.3 Å². The van der Waals surface area contributed by atoms with Crippen molar-refractivity contribution < 1.29 is 23.4 Å². The zero-order valence-electron chi connectivity index (χ0n) is 14.7. The zero-order valence-corrected chi connectivity index (χ0v) is 14.7. The molecule has 3 rings (SSSR count). The van der Waals surface area contributed by atoms with Crippen LogP contribution in [-0.4, -0.2) is 30.2 Å². The molecule has 1 aromatic carbocycles. The number of hydrogen-bond acceptors (Lipinski definition) is 7. The highest BCUT2D eigenvalue weighted by atomic mass is 16.5. The van der Waals surface area contributed by atoms with Crippen molar-refractivity contribution >= 4 is 5.97 Å². The van der Waals surface area contributed by atoms with Crippen molar-refractivity contribution in [3.05, 3.63) is 48.5 Å². The van der Waals surface area contributed by atoms with Gasteiger partial charge in [0.1, 0.15) is 11.4 Å². The van der Waals surface area contributed by atoms with Gasteiger partial charge in [-0.3, -0.25) is 4.79 Å². The summed E-state index contributed by atoms with van der Waals surface area (Å²) in [4.78, 5) is 19.7. The number of ether oxygens (including phenoxy) is 3. The number of hydrogen-bond donors (Lipinski definition) is 0. The number of rotatable bonds is 6. The monoisotopic (exact) mass is 354 g/mol. The van der Waals surface area contributed by atoms with Crippen molar-refractivity contribution in [2.45, 2.75) is 13.5 Å². The molecule has 0 saturated heterocycles. The molecule has 0 atom stereocenters. The van der Waals surface area contributed by atoms with Gasteiger partial charge in [-0.05, 0) is 30.3 Å². The fourth-order valence-corrected chi connectivity index (χ4v) is 2.36. The van der Waals surface area contributed by atoms with E-state index in [1.807, 2.05) is 30.3 Å². The Kier molecular flexibility index (Phi) is 5.17. The second kappa shape index (κ2) is 7.69. The molecule has 0 N–H and O–H groups in total. The first-order valence-corrected chi connectivity index (χ1v) is 7.88. The van der Waals surface area contributed by atoms with Crippen LogP contribution in [0.5, 0.6) is 11.6 Å². The number of carbonyl (C=O) groups excluding carboxylic acids is 1. The van der Waals surface area contributed by atoms with Gasteiger partial charge in [-0.2, -0.15) is 0 Å². The molecule has 0 spiro atoms. The molecule has 0 radical (unpaired) electrons. The summed E-state index contributed by atoms with van der Waals surface area (Å²) in [5.41, 5.74) is 2.18. The summed E-state index contributed by atoms with van der Waals surface area (Å²) in [7, 11) is 3.16. The number of esters is 1. The van der Waals surface area contributed by atoms with Gasteiger partial charge in [0.05, 0.1) is 14.2 Å². The Labute approximate surface area is 150 Å². The molecule has 0 aliphatic heterocycles. The van der Waals surface area contributed by atoms with Crippen LogP contribution in [0.4, 0.5) is 0 Å². The Bertz CT molecular complexity index is 820. The maximum Gasteiger partial charge on any atom is 0.303 e. The third-order valence-electron chi connectivity index (χ3n) is 3.64. The molecule has 0 saturated carbocycles. The first kappa shape index (κ1) is 17.5. The molecule has 0 aliphatic carbocycles. The van der Waals surface area contributed by atoms with E-state index in [2.05, 4.69) is 9.97 Å². The maximum atomic E-state index is 11.1. The Hall–Kier alpha value is -3.35. The van der Waals surface area contributed by atoms with E-state index >= 15 is 0 Å². The predicted octanol–water partition coefficient (Wildman–Crippen LogP) is 3.48. The van der Waals surface area contributed by atoms with E-state index in [0.29, 0.717) is 23.2 Å². The molecule has 26 heavy (non-hydrogen) atoms. The first-order valence-electron chi connectivity index (χ1n) is 7.88. The van der Waals surface area contributed by atoms with Crippen molar-refractivity contribution in [2.75, 3.05) is 14.2 Å². The van der Waals surface area contributed by atoms with E-state index in [-0.39, 0.29) is 6.61 Å². The normalized spacial score (nSPS) is 10.4. The fraction of sp³-hybridized carbons (Fsp3) is 0.211. The molecule has 7 nitrogen and oxygen atoms in total.